The van der Waals surface area contributed by atoms with Crippen LogP contribution in [0.25, 0.3) is 0 Å². The van der Waals surface area contributed by atoms with E-state index in [2.05, 4.69) is 10.3 Å². The highest BCUT2D eigenvalue weighted by Crippen LogP contribution is 2.38. The molecule has 1 aromatic carbocycles. The molecule has 0 bridgehead atoms. The van der Waals surface area contributed by atoms with Crippen molar-refractivity contribution in [3.63, 3.8) is 0 Å². The zero-order chi connectivity index (χ0) is 21.1. The normalized spacial score (nSPS) is 18.4. The van der Waals surface area contributed by atoms with Gasteiger partial charge in [0.2, 0.25) is 11.8 Å². The summed E-state index contributed by atoms with van der Waals surface area (Å²) in [7, 11) is 1.53. The van der Waals surface area contributed by atoms with E-state index in [1.54, 1.807) is 24.3 Å². The number of pyridine rings is 1. The number of nitrogens with zero attached hydrogens (tertiary/aromatic N) is 2. The number of ether oxygens (including phenoxy) is 1. The lowest BCUT2D eigenvalue weighted by Gasteiger charge is -2.30. The van der Waals surface area contributed by atoms with Gasteiger partial charge < -0.3 is 15.0 Å². The summed E-state index contributed by atoms with van der Waals surface area (Å²) in [5.74, 6) is -0.172. The molecule has 1 unspecified atom stereocenters. The Morgan fingerprint density at radius 3 is 2.73 bits per heavy atom. The Morgan fingerprint density at radius 1 is 1.23 bits per heavy atom. The van der Waals surface area contributed by atoms with Gasteiger partial charge in [-0.1, -0.05) is 18.6 Å². The Hall–Kier alpha value is -3.22. The first-order valence-corrected chi connectivity index (χ1v) is 10.1. The van der Waals surface area contributed by atoms with E-state index in [9.17, 15) is 14.0 Å². The van der Waals surface area contributed by atoms with Crippen molar-refractivity contribution in [2.45, 2.75) is 44.7 Å². The third-order valence-corrected chi connectivity index (χ3v) is 5.69. The number of fused-ring (bicyclic) bond motifs is 1. The number of carbonyl (C=O) groups is 2. The predicted octanol–water partition coefficient (Wildman–Crippen LogP) is 3.84. The third-order valence-electron chi connectivity index (χ3n) is 5.69. The molecule has 6 nitrogen and oxygen atoms in total. The summed E-state index contributed by atoms with van der Waals surface area (Å²) < 4.78 is 18.2. The number of benzene rings is 1. The third kappa shape index (κ3) is 4.20. The molecule has 156 valence electrons. The highest BCUT2D eigenvalue weighted by molar-refractivity contribution is 6.04. The summed E-state index contributed by atoms with van der Waals surface area (Å²) in [6.45, 7) is 0.417. The van der Waals surface area contributed by atoms with E-state index in [0.717, 1.165) is 36.8 Å². The van der Waals surface area contributed by atoms with Gasteiger partial charge in [-0.15, -0.1) is 0 Å². The van der Waals surface area contributed by atoms with Crippen molar-refractivity contribution < 1.29 is 18.7 Å². The highest BCUT2D eigenvalue weighted by Gasteiger charge is 2.40. The Labute approximate surface area is 174 Å². The zero-order valence-electron chi connectivity index (χ0n) is 16.9. The standard InChI is InChI=1S/C23H24FN3O3/c1-30-22-11-10-17(13-25-22)26-21(28)12-19-18-4-2-3-5-20(18)27(23(19)29)14-15-6-8-16(24)9-7-15/h6-11,13,20H,2-5,12,14H2,1H3,(H,26,28). The lowest BCUT2D eigenvalue weighted by Crippen LogP contribution is -2.36. The van der Waals surface area contributed by atoms with Gasteiger partial charge >= 0.3 is 0 Å². The first-order chi connectivity index (χ1) is 14.5. The van der Waals surface area contributed by atoms with E-state index < -0.39 is 0 Å². The van der Waals surface area contributed by atoms with Crippen LogP contribution in [0.5, 0.6) is 5.88 Å². The quantitative estimate of drug-likeness (QED) is 0.787. The summed E-state index contributed by atoms with van der Waals surface area (Å²) >= 11 is 0. The number of amides is 2. The number of hydrogen-bond donors (Lipinski definition) is 1. The largest absolute Gasteiger partial charge is 0.481 e. The van der Waals surface area contributed by atoms with Crippen molar-refractivity contribution in [1.82, 2.24) is 9.88 Å². The first-order valence-electron chi connectivity index (χ1n) is 10.1. The van der Waals surface area contributed by atoms with Crippen LogP contribution in [0.2, 0.25) is 0 Å². The number of anilines is 1. The molecule has 4 rings (SSSR count). The highest BCUT2D eigenvalue weighted by atomic mass is 19.1. The second-order valence-electron chi connectivity index (χ2n) is 7.64. The van der Waals surface area contributed by atoms with Crippen molar-refractivity contribution in [2.24, 2.45) is 0 Å². The molecular formula is C23H24FN3O3. The van der Waals surface area contributed by atoms with Gasteiger partial charge in [0, 0.05) is 18.2 Å². The smallest absolute Gasteiger partial charge is 0.251 e. The molecule has 2 heterocycles. The second-order valence-corrected chi connectivity index (χ2v) is 7.64. The molecule has 1 atom stereocenters. The average Bonchev–Trinajstić information content (AvgIpc) is 3.02. The van der Waals surface area contributed by atoms with Crippen molar-refractivity contribution in [2.75, 3.05) is 12.4 Å². The second kappa shape index (κ2) is 8.65. The van der Waals surface area contributed by atoms with Crippen LogP contribution in [0.1, 0.15) is 37.7 Å². The zero-order valence-corrected chi connectivity index (χ0v) is 16.9. The Balaban J connectivity index is 1.48. The molecule has 1 N–H and O–H groups in total. The number of methoxy groups -OCH3 is 1. The van der Waals surface area contributed by atoms with Crippen LogP contribution in [0.15, 0.2) is 53.7 Å². The van der Waals surface area contributed by atoms with Crippen molar-refractivity contribution in [1.29, 1.82) is 0 Å². The summed E-state index contributed by atoms with van der Waals surface area (Å²) in [6.07, 6.45) is 5.38. The van der Waals surface area contributed by atoms with Crippen LogP contribution in [-0.2, 0) is 16.1 Å². The lowest BCUT2D eigenvalue weighted by atomic mass is 9.88. The number of nitrogens with one attached hydrogen (secondary N) is 1. The van der Waals surface area contributed by atoms with Crippen LogP contribution in [0, 0.1) is 5.82 Å². The molecule has 7 heteroatoms. The Kier molecular flexibility index (Phi) is 5.79. The van der Waals surface area contributed by atoms with E-state index in [1.807, 2.05) is 4.90 Å². The van der Waals surface area contributed by atoms with E-state index >= 15 is 0 Å². The van der Waals surface area contributed by atoms with Crippen molar-refractivity contribution in [3.05, 3.63) is 65.1 Å². The van der Waals surface area contributed by atoms with Crippen molar-refractivity contribution in [3.8, 4) is 5.88 Å². The van der Waals surface area contributed by atoms with Gasteiger partial charge in [0.1, 0.15) is 5.82 Å². The molecular weight excluding hydrogens is 385 g/mol. The molecule has 1 fully saturated rings. The number of rotatable bonds is 6. The molecule has 1 aromatic heterocycles. The maximum Gasteiger partial charge on any atom is 0.251 e. The van der Waals surface area contributed by atoms with Gasteiger partial charge in [-0.2, -0.15) is 0 Å². The molecule has 2 amide bonds. The fraction of sp³-hybridized carbons (Fsp3) is 0.348. The van der Waals surface area contributed by atoms with Crippen LogP contribution < -0.4 is 10.1 Å². The summed E-state index contributed by atoms with van der Waals surface area (Å²) in [5.41, 5.74) is 3.11. The van der Waals surface area contributed by atoms with Gasteiger partial charge in [0.05, 0.1) is 31.5 Å². The number of aromatic nitrogens is 1. The van der Waals surface area contributed by atoms with E-state index in [0.29, 0.717) is 23.7 Å². The maximum absolute atomic E-state index is 13.2. The summed E-state index contributed by atoms with van der Waals surface area (Å²) in [6, 6.07) is 9.62. The lowest BCUT2D eigenvalue weighted by molar-refractivity contribution is -0.129. The minimum Gasteiger partial charge on any atom is -0.481 e. The van der Waals surface area contributed by atoms with Gasteiger partial charge in [-0.3, -0.25) is 9.59 Å². The number of hydrogen-bond acceptors (Lipinski definition) is 4. The molecule has 0 saturated heterocycles. The average molecular weight is 409 g/mol. The molecule has 0 spiro atoms. The monoisotopic (exact) mass is 409 g/mol. The fourth-order valence-corrected chi connectivity index (χ4v) is 4.24. The van der Waals surface area contributed by atoms with Crippen LogP contribution in [0.3, 0.4) is 0 Å². The van der Waals surface area contributed by atoms with E-state index in [1.165, 1.54) is 25.4 Å². The first kappa shape index (κ1) is 20.1. The predicted molar refractivity (Wildman–Crippen MR) is 110 cm³/mol. The molecule has 2 aliphatic rings. The minimum atomic E-state index is -0.298. The maximum atomic E-state index is 13.2. The molecule has 30 heavy (non-hydrogen) atoms. The topological polar surface area (TPSA) is 71.5 Å². The van der Waals surface area contributed by atoms with Gasteiger partial charge in [-0.05, 0) is 48.6 Å². The molecule has 0 radical (unpaired) electrons. The van der Waals surface area contributed by atoms with Crippen LogP contribution >= 0.6 is 0 Å². The van der Waals surface area contributed by atoms with Crippen LogP contribution in [-0.4, -0.2) is 34.8 Å². The summed E-state index contributed by atoms with van der Waals surface area (Å²) in [4.78, 5) is 31.7. The number of carbonyl (C=O) groups excluding carboxylic acids is 2. The van der Waals surface area contributed by atoms with Gasteiger partial charge in [0.25, 0.3) is 5.91 Å². The van der Waals surface area contributed by atoms with Gasteiger partial charge in [-0.25, -0.2) is 9.37 Å². The molecule has 1 aliphatic heterocycles. The molecule has 1 saturated carbocycles. The SMILES string of the molecule is COc1ccc(NC(=O)CC2=C3CCCCC3N(Cc3ccc(F)cc3)C2=O)cn1. The Bertz CT molecular complexity index is 970. The van der Waals surface area contributed by atoms with Gasteiger partial charge in [0.15, 0.2) is 0 Å². The van der Waals surface area contributed by atoms with Crippen LogP contribution in [0.4, 0.5) is 10.1 Å². The van der Waals surface area contributed by atoms with E-state index in [-0.39, 0.29) is 30.1 Å². The molecule has 1 aliphatic carbocycles. The molecule has 2 aromatic rings. The Morgan fingerprint density at radius 2 is 2.03 bits per heavy atom. The van der Waals surface area contributed by atoms with Crippen molar-refractivity contribution >= 4 is 17.5 Å². The minimum absolute atomic E-state index is 0.0294. The number of halogens is 1. The van der Waals surface area contributed by atoms with E-state index in [4.69, 9.17) is 4.74 Å². The summed E-state index contributed by atoms with van der Waals surface area (Å²) in [5, 5.41) is 2.80. The fourth-order valence-electron chi connectivity index (χ4n) is 4.24.